The van der Waals surface area contributed by atoms with Crippen LogP contribution in [0.3, 0.4) is 0 Å². The predicted molar refractivity (Wildman–Crippen MR) is 285 cm³/mol. The lowest BCUT2D eigenvalue weighted by Crippen LogP contribution is -2.61. The van der Waals surface area contributed by atoms with Crippen molar-refractivity contribution in [3.8, 4) is 0 Å². The molecule has 0 aliphatic carbocycles. The van der Waals surface area contributed by atoms with Crippen LogP contribution in [-0.2, 0) is 42.9 Å². The highest BCUT2D eigenvalue weighted by atomic mass is 16.7. The Balaban J connectivity index is 2.74. The zero-order valence-corrected chi connectivity index (χ0v) is 44.4. The molecule has 1 aliphatic rings. The molecule has 406 valence electrons. The fourth-order valence-electron chi connectivity index (χ4n) is 7.88. The number of carbonyl (C=O) groups is 4. The average molecular weight is 999 g/mol. The average Bonchev–Trinajstić information content (AvgIpc) is 3.35. The first-order chi connectivity index (χ1) is 34.6. The zero-order valence-electron chi connectivity index (χ0n) is 44.4. The van der Waals surface area contributed by atoms with Gasteiger partial charge in [0, 0.05) is 19.3 Å². The molecule has 0 aromatic rings. The number of ether oxygens (including phenoxy) is 5. The Hall–Kier alpha value is -3.84. The predicted octanol–water partition coefficient (Wildman–Crippen LogP) is 13.8. The lowest BCUT2D eigenvalue weighted by atomic mass is 9.98. The van der Waals surface area contributed by atoms with Crippen molar-refractivity contribution in [3.05, 3.63) is 72.9 Å². The molecule has 1 heterocycles. The van der Waals surface area contributed by atoms with Gasteiger partial charge in [-0.3, -0.25) is 14.4 Å². The standard InChI is InChI=1S/C59H98O12/c1-4-7-10-13-16-19-22-25-26-29-32-35-38-41-44-47-53(62)70-57-55(64)54(63)56(58(65)66)71-59(57)68-49-50(69-52(61)46-43-40-37-34-31-28-24-21-18-15-12-9-6-3)48-67-51(60)45-42-39-36-33-30-27-23-20-17-14-11-8-5-2/h11-12,14-16,19-21,23-26,50,54-57,59,63-64H,4-10,13,17-18,22,27-49H2,1-3H3,(H,65,66)/b14-11-,15-12-,19-16-,23-20-,24-21-,26-25-. The highest BCUT2D eigenvalue weighted by molar-refractivity contribution is 5.74. The van der Waals surface area contributed by atoms with Gasteiger partial charge in [-0.2, -0.15) is 0 Å². The van der Waals surface area contributed by atoms with Gasteiger partial charge in [0.25, 0.3) is 0 Å². The minimum Gasteiger partial charge on any atom is -0.479 e. The summed E-state index contributed by atoms with van der Waals surface area (Å²) in [6.45, 7) is 5.79. The minimum atomic E-state index is -1.91. The van der Waals surface area contributed by atoms with Crippen molar-refractivity contribution in [3.63, 3.8) is 0 Å². The SMILES string of the molecule is CCC/C=C\C/C=C\CCCCCCCC(=O)OCC(COC1OC(C(=O)O)C(O)C(O)C1OC(=O)CCCCCCC/C=C\C/C=C\CCCCC)OC(=O)CCCCCCC/C=C\C/C=C\CCC. The van der Waals surface area contributed by atoms with Crippen LogP contribution in [0.1, 0.15) is 226 Å². The van der Waals surface area contributed by atoms with Crippen LogP contribution in [0.25, 0.3) is 0 Å². The molecule has 6 unspecified atom stereocenters. The number of aliphatic hydroxyl groups excluding tert-OH is 2. The third-order valence-electron chi connectivity index (χ3n) is 12.2. The molecule has 0 aromatic heterocycles. The lowest BCUT2D eigenvalue weighted by molar-refractivity contribution is -0.301. The first-order valence-electron chi connectivity index (χ1n) is 27.9. The quantitative estimate of drug-likeness (QED) is 0.0228. The molecule has 0 amide bonds. The molecule has 1 rings (SSSR count). The summed E-state index contributed by atoms with van der Waals surface area (Å²) in [4.78, 5) is 51.0. The summed E-state index contributed by atoms with van der Waals surface area (Å²) >= 11 is 0. The Bertz CT molecular complexity index is 1510. The number of aliphatic carboxylic acids is 1. The Kier molecular flexibility index (Phi) is 43.3. The maximum atomic E-state index is 13.1. The number of unbranched alkanes of at least 4 members (excludes halogenated alkanes) is 20. The summed E-state index contributed by atoms with van der Waals surface area (Å²) in [5.41, 5.74) is 0. The topological polar surface area (TPSA) is 175 Å². The van der Waals surface area contributed by atoms with Crippen molar-refractivity contribution in [1.29, 1.82) is 0 Å². The van der Waals surface area contributed by atoms with Crippen LogP contribution < -0.4 is 0 Å². The van der Waals surface area contributed by atoms with Gasteiger partial charge in [-0.15, -0.1) is 0 Å². The Morgan fingerprint density at radius 3 is 1.32 bits per heavy atom. The van der Waals surface area contributed by atoms with Crippen LogP contribution in [0, 0.1) is 0 Å². The van der Waals surface area contributed by atoms with Crippen LogP contribution in [0.2, 0.25) is 0 Å². The number of hydrogen-bond donors (Lipinski definition) is 3. The molecule has 0 saturated carbocycles. The molecule has 71 heavy (non-hydrogen) atoms. The van der Waals surface area contributed by atoms with Gasteiger partial charge in [-0.1, -0.05) is 177 Å². The van der Waals surface area contributed by atoms with Crippen molar-refractivity contribution in [2.75, 3.05) is 13.2 Å². The van der Waals surface area contributed by atoms with E-state index in [1.54, 1.807) is 0 Å². The normalized spacial score (nSPS) is 19.0. The summed E-state index contributed by atoms with van der Waals surface area (Å²) in [5, 5.41) is 31.4. The van der Waals surface area contributed by atoms with E-state index in [1.165, 1.54) is 19.3 Å². The van der Waals surface area contributed by atoms with E-state index in [9.17, 15) is 34.5 Å². The summed E-state index contributed by atoms with van der Waals surface area (Å²) in [6, 6.07) is 0. The van der Waals surface area contributed by atoms with Gasteiger partial charge in [0.2, 0.25) is 0 Å². The van der Waals surface area contributed by atoms with Crippen LogP contribution >= 0.6 is 0 Å². The molecule has 3 N–H and O–H groups in total. The maximum Gasteiger partial charge on any atom is 0.335 e. The van der Waals surface area contributed by atoms with Crippen molar-refractivity contribution < 1.29 is 58.2 Å². The van der Waals surface area contributed by atoms with Crippen molar-refractivity contribution in [2.24, 2.45) is 0 Å². The number of carboxylic acids is 1. The lowest BCUT2D eigenvalue weighted by Gasteiger charge is -2.40. The van der Waals surface area contributed by atoms with E-state index in [1.807, 2.05) is 0 Å². The number of carbonyl (C=O) groups excluding carboxylic acids is 3. The van der Waals surface area contributed by atoms with Gasteiger partial charge < -0.3 is 39.0 Å². The molecule has 0 radical (unpaired) electrons. The van der Waals surface area contributed by atoms with E-state index in [0.717, 1.165) is 148 Å². The second-order valence-electron chi connectivity index (χ2n) is 18.9. The van der Waals surface area contributed by atoms with Gasteiger partial charge >= 0.3 is 23.9 Å². The van der Waals surface area contributed by atoms with Crippen molar-refractivity contribution in [1.82, 2.24) is 0 Å². The molecular weight excluding hydrogens is 901 g/mol. The second-order valence-corrected chi connectivity index (χ2v) is 18.9. The van der Waals surface area contributed by atoms with E-state index >= 15 is 0 Å². The number of hydrogen-bond acceptors (Lipinski definition) is 11. The second kappa shape index (κ2) is 47.2. The van der Waals surface area contributed by atoms with Gasteiger partial charge in [-0.05, 0) is 103 Å². The van der Waals surface area contributed by atoms with Gasteiger partial charge in [0.05, 0.1) is 6.61 Å². The van der Waals surface area contributed by atoms with Crippen molar-refractivity contribution in [2.45, 2.75) is 263 Å². The fraction of sp³-hybridized carbons (Fsp3) is 0.729. The van der Waals surface area contributed by atoms with Crippen LogP contribution in [0.15, 0.2) is 72.9 Å². The smallest absolute Gasteiger partial charge is 0.335 e. The van der Waals surface area contributed by atoms with E-state index in [2.05, 4.69) is 93.7 Å². The highest BCUT2D eigenvalue weighted by Crippen LogP contribution is 2.26. The minimum absolute atomic E-state index is 0.0394. The molecule has 1 fully saturated rings. The summed E-state index contributed by atoms with van der Waals surface area (Å²) in [5.74, 6) is -3.18. The number of aliphatic hydroxyl groups is 2. The molecule has 1 saturated heterocycles. The Morgan fingerprint density at radius 2 is 0.873 bits per heavy atom. The number of allylic oxidation sites excluding steroid dienone is 12. The van der Waals surface area contributed by atoms with Crippen LogP contribution in [0.4, 0.5) is 0 Å². The van der Waals surface area contributed by atoms with Crippen LogP contribution in [0.5, 0.6) is 0 Å². The number of esters is 3. The fourth-order valence-corrected chi connectivity index (χ4v) is 7.88. The summed E-state index contributed by atoms with van der Waals surface area (Å²) in [6.07, 6.45) is 45.9. The van der Waals surface area contributed by atoms with Gasteiger partial charge in [0.15, 0.2) is 24.6 Å². The first kappa shape index (κ1) is 65.2. The summed E-state index contributed by atoms with van der Waals surface area (Å²) in [7, 11) is 0. The molecule has 1 aliphatic heterocycles. The Labute approximate surface area is 429 Å². The first-order valence-corrected chi connectivity index (χ1v) is 27.9. The number of carboxylic acid groups (broad SMARTS) is 1. The third-order valence-corrected chi connectivity index (χ3v) is 12.2. The Morgan fingerprint density at radius 1 is 0.465 bits per heavy atom. The molecule has 0 aromatic carbocycles. The third kappa shape index (κ3) is 37.6. The molecular formula is C59H98O12. The molecule has 0 spiro atoms. The molecule has 6 atom stereocenters. The van der Waals surface area contributed by atoms with Gasteiger partial charge in [-0.25, -0.2) is 4.79 Å². The molecule has 0 bridgehead atoms. The largest absolute Gasteiger partial charge is 0.479 e. The van der Waals surface area contributed by atoms with E-state index in [0.29, 0.717) is 19.3 Å². The molecule has 12 nitrogen and oxygen atoms in total. The van der Waals surface area contributed by atoms with Crippen LogP contribution in [-0.4, -0.2) is 89.2 Å². The highest BCUT2D eigenvalue weighted by Gasteiger charge is 2.50. The van der Waals surface area contributed by atoms with Crippen molar-refractivity contribution >= 4 is 23.9 Å². The van der Waals surface area contributed by atoms with E-state index in [-0.39, 0.29) is 25.9 Å². The molecule has 12 heteroatoms. The maximum absolute atomic E-state index is 13.1. The monoisotopic (exact) mass is 999 g/mol. The van der Waals surface area contributed by atoms with Gasteiger partial charge in [0.1, 0.15) is 18.8 Å². The number of rotatable bonds is 46. The van der Waals surface area contributed by atoms with E-state index < -0.39 is 67.3 Å². The zero-order chi connectivity index (χ0) is 51.8. The van der Waals surface area contributed by atoms with E-state index in [4.69, 9.17) is 23.7 Å². The summed E-state index contributed by atoms with van der Waals surface area (Å²) < 4.78 is 28.3.